The Balaban J connectivity index is 1.71. The van der Waals surface area contributed by atoms with Crippen LogP contribution in [0.3, 0.4) is 0 Å². The average Bonchev–Trinajstić information content (AvgIpc) is 3.32. The number of rotatable bonds is 7. The number of carbonyl (C=O) groups excluding carboxylic acids is 2. The van der Waals surface area contributed by atoms with Gasteiger partial charge in [-0.05, 0) is 36.4 Å². The summed E-state index contributed by atoms with van der Waals surface area (Å²) in [5.74, 6) is -0.00153. The van der Waals surface area contributed by atoms with Crippen molar-refractivity contribution in [2.75, 3.05) is 27.4 Å². The van der Waals surface area contributed by atoms with Crippen LogP contribution in [0.1, 0.15) is 42.0 Å². The highest BCUT2D eigenvalue weighted by atomic mass is 32.1. The normalized spacial score (nSPS) is 20.7. The average molecular weight is 454 g/mol. The Kier molecular flexibility index (Phi) is 6.77. The summed E-state index contributed by atoms with van der Waals surface area (Å²) >= 11 is 1.54. The van der Waals surface area contributed by atoms with Crippen LogP contribution in [0, 0.1) is 0 Å². The number of Topliss-reactive ketones (excluding diaryl/α,β-unsaturated/α-hetero) is 1. The van der Waals surface area contributed by atoms with Gasteiger partial charge in [-0.15, -0.1) is 11.3 Å². The summed E-state index contributed by atoms with van der Waals surface area (Å²) in [5.41, 5.74) is 3.78. The monoisotopic (exact) mass is 453 g/mol. The van der Waals surface area contributed by atoms with E-state index in [2.05, 4.69) is 5.32 Å². The topological polar surface area (TPSA) is 73.9 Å². The molecule has 2 aliphatic rings. The van der Waals surface area contributed by atoms with Crippen LogP contribution in [0.25, 0.3) is 0 Å². The van der Waals surface area contributed by atoms with Crippen LogP contribution in [0.4, 0.5) is 0 Å². The molecule has 0 spiro atoms. The summed E-state index contributed by atoms with van der Waals surface area (Å²) in [4.78, 5) is 27.5. The molecule has 168 valence electrons. The number of ketones is 1. The number of thiophene rings is 1. The molecule has 0 radical (unpaired) electrons. The summed E-state index contributed by atoms with van der Waals surface area (Å²) in [6.07, 6.45) is 1.04. The van der Waals surface area contributed by atoms with Crippen molar-refractivity contribution in [2.24, 2.45) is 0 Å². The van der Waals surface area contributed by atoms with Crippen LogP contribution < -0.4 is 10.1 Å². The van der Waals surface area contributed by atoms with Gasteiger partial charge in [0.05, 0.1) is 25.2 Å². The van der Waals surface area contributed by atoms with Crippen molar-refractivity contribution in [3.63, 3.8) is 0 Å². The largest absolute Gasteiger partial charge is 0.496 e. The number of esters is 1. The van der Waals surface area contributed by atoms with E-state index in [0.717, 1.165) is 27.6 Å². The minimum atomic E-state index is -0.424. The van der Waals surface area contributed by atoms with Crippen LogP contribution in [0.15, 0.2) is 64.3 Å². The van der Waals surface area contributed by atoms with Crippen molar-refractivity contribution >= 4 is 23.1 Å². The van der Waals surface area contributed by atoms with Crippen LogP contribution in [-0.4, -0.2) is 39.2 Å². The molecule has 0 bridgehead atoms. The molecular formula is C25H27NO5S. The van der Waals surface area contributed by atoms with Crippen molar-refractivity contribution in [3.8, 4) is 5.75 Å². The van der Waals surface area contributed by atoms with Crippen LogP contribution in [0.2, 0.25) is 0 Å². The zero-order chi connectivity index (χ0) is 22.7. The van der Waals surface area contributed by atoms with E-state index >= 15 is 0 Å². The Morgan fingerprint density at radius 2 is 1.94 bits per heavy atom. The molecule has 1 aliphatic heterocycles. The summed E-state index contributed by atoms with van der Waals surface area (Å²) < 4.78 is 16.0. The quantitative estimate of drug-likeness (QED) is 0.498. The van der Waals surface area contributed by atoms with Crippen molar-refractivity contribution in [2.45, 2.75) is 31.6 Å². The molecule has 1 aromatic heterocycles. The number of carbonyl (C=O) groups is 2. The van der Waals surface area contributed by atoms with E-state index in [9.17, 15) is 9.59 Å². The fourth-order valence-electron chi connectivity index (χ4n) is 4.57. The maximum absolute atomic E-state index is 13.5. The lowest BCUT2D eigenvalue weighted by atomic mass is 9.73. The third kappa shape index (κ3) is 4.23. The van der Waals surface area contributed by atoms with Gasteiger partial charge in [0.1, 0.15) is 12.4 Å². The summed E-state index contributed by atoms with van der Waals surface area (Å²) in [7, 11) is 3.21. The van der Waals surface area contributed by atoms with Crippen molar-refractivity contribution < 1.29 is 23.8 Å². The zero-order valence-corrected chi connectivity index (χ0v) is 19.3. The lowest BCUT2D eigenvalue weighted by Crippen LogP contribution is -2.36. The summed E-state index contributed by atoms with van der Waals surface area (Å²) in [6, 6.07) is 11.7. The van der Waals surface area contributed by atoms with Gasteiger partial charge >= 0.3 is 5.97 Å². The van der Waals surface area contributed by atoms with E-state index in [0.29, 0.717) is 30.6 Å². The standard InChI is InChI=1S/C25H27NO5S/c1-15-22(25(28)31-11-10-29-2)24(21-9-6-12-32-21)23-18(26-15)13-16(14-19(23)27)17-7-4-5-8-20(17)30-3/h4-9,12,16,24,26H,10-11,13-14H2,1-3H3. The van der Waals surface area contributed by atoms with E-state index in [1.165, 1.54) is 0 Å². The minimum Gasteiger partial charge on any atom is -0.496 e. The van der Waals surface area contributed by atoms with Gasteiger partial charge in [-0.1, -0.05) is 24.3 Å². The van der Waals surface area contributed by atoms with E-state index in [4.69, 9.17) is 14.2 Å². The Hall–Kier alpha value is -2.90. The first kappa shape index (κ1) is 22.3. The Morgan fingerprint density at radius 1 is 1.12 bits per heavy atom. The van der Waals surface area contributed by atoms with Gasteiger partial charge in [-0.25, -0.2) is 4.79 Å². The number of methoxy groups -OCH3 is 2. The molecular weight excluding hydrogens is 426 g/mol. The number of ether oxygens (including phenoxy) is 3. The van der Waals surface area contributed by atoms with Crippen molar-refractivity contribution in [3.05, 3.63) is 74.8 Å². The van der Waals surface area contributed by atoms with Crippen molar-refractivity contribution in [1.82, 2.24) is 5.32 Å². The molecule has 0 amide bonds. The van der Waals surface area contributed by atoms with E-state index < -0.39 is 11.9 Å². The minimum absolute atomic E-state index is 0.0110. The number of para-hydroxylation sites is 1. The third-order valence-electron chi connectivity index (χ3n) is 5.97. The van der Waals surface area contributed by atoms with Gasteiger partial charge in [0.25, 0.3) is 0 Å². The van der Waals surface area contributed by atoms with Crippen LogP contribution in [0.5, 0.6) is 5.75 Å². The van der Waals surface area contributed by atoms with Crippen molar-refractivity contribution in [1.29, 1.82) is 0 Å². The molecule has 2 heterocycles. The highest BCUT2D eigenvalue weighted by Crippen LogP contribution is 2.47. The lowest BCUT2D eigenvalue weighted by molar-refractivity contribution is -0.140. The smallest absolute Gasteiger partial charge is 0.336 e. The maximum Gasteiger partial charge on any atom is 0.336 e. The number of allylic oxidation sites excluding steroid dienone is 3. The Bertz CT molecular complexity index is 1070. The van der Waals surface area contributed by atoms with E-state index in [-0.39, 0.29) is 18.3 Å². The predicted octanol–water partition coefficient (Wildman–Crippen LogP) is 4.31. The molecule has 1 aliphatic carbocycles. The number of nitrogens with one attached hydrogen (secondary N) is 1. The number of benzene rings is 1. The first-order valence-electron chi connectivity index (χ1n) is 10.6. The first-order valence-corrected chi connectivity index (χ1v) is 11.5. The highest BCUT2D eigenvalue weighted by molar-refractivity contribution is 7.10. The molecule has 1 N–H and O–H groups in total. The van der Waals surface area contributed by atoms with E-state index in [1.54, 1.807) is 25.6 Å². The number of hydrogen-bond donors (Lipinski definition) is 1. The molecule has 0 saturated carbocycles. The second-order valence-electron chi connectivity index (χ2n) is 7.90. The lowest BCUT2D eigenvalue weighted by Gasteiger charge is -2.36. The summed E-state index contributed by atoms with van der Waals surface area (Å²) in [5, 5.41) is 5.33. The molecule has 1 aromatic carbocycles. The van der Waals surface area contributed by atoms with Gasteiger partial charge in [0.15, 0.2) is 5.78 Å². The molecule has 0 saturated heterocycles. The molecule has 2 aromatic rings. The van der Waals surface area contributed by atoms with Gasteiger partial charge in [-0.2, -0.15) is 0 Å². The first-order chi connectivity index (χ1) is 15.5. The van der Waals surface area contributed by atoms with Gasteiger partial charge in [-0.3, -0.25) is 4.79 Å². The maximum atomic E-state index is 13.5. The van der Waals surface area contributed by atoms with E-state index in [1.807, 2.05) is 48.7 Å². The predicted molar refractivity (Wildman–Crippen MR) is 123 cm³/mol. The number of hydrogen-bond acceptors (Lipinski definition) is 7. The molecule has 32 heavy (non-hydrogen) atoms. The Morgan fingerprint density at radius 3 is 2.66 bits per heavy atom. The second kappa shape index (κ2) is 9.71. The second-order valence-corrected chi connectivity index (χ2v) is 8.88. The molecule has 6 nitrogen and oxygen atoms in total. The highest BCUT2D eigenvalue weighted by Gasteiger charge is 2.42. The molecule has 4 rings (SSSR count). The Labute approximate surface area is 191 Å². The van der Waals surface area contributed by atoms with Crippen LogP contribution >= 0.6 is 11.3 Å². The fraction of sp³-hybridized carbons (Fsp3) is 0.360. The molecule has 0 fully saturated rings. The molecule has 2 atom stereocenters. The van der Waals surface area contributed by atoms with Gasteiger partial charge < -0.3 is 19.5 Å². The summed E-state index contributed by atoms with van der Waals surface area (Å²) in [6.45, 7) is 2.36. The number of dihydropyridines is 1. The van der Waals surface area contributed by atoms with Gasteiger partial charge in [0.2, 0.25) is 0 Å². The molecule has 7 heteroatoms. The zero-order valence-electron chi connectivity index (χ0n) is 18.5. The van der Waals surface area contributed by atoms with Gasteiger partial charge in [0, 0.05) is 41.3 Å². The SMILES string of the molecule is COCCOC(=O)C1=C(C)NC2=C(C(=O)CC(c3ccccc3OC)C2)C1c1cccs1. The third-order valence-corrected chi connectivity index (χ3v) is 6.91. The van der Waals surface area contributed by atoms with Crippen LogP contribution in [-0.2, 0) is 19.1 Å². The fourth-order valence-corrected chi connectivity index (χ4v) is 5.41. The molecule has 2 unspecified atom stereocenters.